The van der Waals surface area contributed by atoms with Crippen LogP contribution in [0.4, 0.5) is 0 Å². The summed E-state index contributed by atoms with van der Waals surface area (Å²) >= 11 is 0. The van der Waals surface area contributed by atoms with Gasteiger partial charge in [-0.05, 0) is 51.4 Å². The monoisotopic (exact) mass is 792 g/mol. The maximum absolute atomic E-state index is 12.4. The molecule has 0 aliphatic rings. The average molecular weight is 792 g/mol. The van der Waals surface area contributed by atoms with Gasteiger partial charge in [-0.1, -0.05) is 219 Å². The Hall–Kier alpha value is -1.40. The Balaban J connectivity index is 3.46. The van der Waals surface area contributed by atoms with Gasteiger partial charge in [-0.2, -0.15) is 0 Å². The molecular formula is C50H97NO5. The molecule has 0 bridgehead atoms. The number of nitrogens with one attached hydrogen (secondary N) is 1. The number of hydrogen-bond donors (Lipinski definition) is 3. The zero-order valence-corrected chi connectivity index (χ0v) is 37.6. The van der Waals surface area contributed by atoms with E-state index in [1.54, 1.807) is 0 Å². The maximum atomic E-state index is 12.4. The highest BCUT2D eigenvalue weighted by molar-refractivity contribution is 5.76. The van der Waals surface area contributed by atoms with Crippen molar-refractivity contribution in [3.63, 3.8) is 0 Å². The van der Waals surface area contributed by atoms with Crippen LogP contribution in [0.2, 0.25) is 0 Å². The van der Waals surface area contributed by atoms with Gasteiger partial charge in [0.1, 0.15) is 0 Å². The van der Waals surface area contributed by atoms with Crippen molar-refractivity contribution >= 4 is 11.9 Å². The Morgan fingerprint density at radius 2 is 0.839 bits per heavy atom. The number of aliphatic hydroxyl groups excluding tert-OH is 2. The first kappa shape index (κ1) is 54.6. The molecule has 6 heteroatoms. The molecule has 0 saturated heterocycles. The van der Waals surface area contributed by atoms with E-state index in [0.29, 0.717) is 25.9 Å². The van der Waals surface area contributed by atoms with E-state index in [2.05, 4.69) is 31.3 Å². The van der Waals surface area contributed by atoms with Crippen molar-refractivity contribution in [2.24, 2.45) is 0 Å². The van der Waals surface area contributed by atoms with Crippen molar-refractivity contribution in [3.05, 3.63) is 12.2 Å². The minimum Gasteiger partial charge on any atom is -0.466 e. The number of ether oxygens (including phenoxy) is 1. The zero-order chi connectivity index (χ0) is 40.8. The molecule has 6 nitrogen and oxygen atoms in total. The molecule has 0 spiro atoms. The standard InChI is InChI=1S/C50H97NO5/c1-3-5-7-9-11-13-15-16-17-18-19-20-21-24-28-32-36-40-44-50(55)56-45-41-37-33-29-25-22-23-27-31-35-39-43-49(54)51-47(46-52)48(53)42-38-34-30-26-14-12-10-8-6-4-2/h25,29,47-48,52-53H,3-24,26-28,30-46H2,1-2H3,(H,51,54)/b29-25-. The van der Waals surface area contributed by atoms with Gasteiger partial charge < -0.3 is 20.3 Å². The van der Waals surface area contributed by atoms with Crippen LogP contribution < -0.4 is 5.32 Å². The van der Waals surface area contributed by atoms with Gasteiger partial charge in [0.15, 0.2) is 0 Å². The predicted molar refractivity (Wildman–Crippen MR) is 241 cm³/mol. The summed E-state index contributed by atoms with van der Waals surface area (Å²) in [6, 6.07) is -0.559. The van der Waals surface area contributed by atoms with E-state index in [9.17, 15) is 19.8 Å². The van der Waals surface area contributed by atoms with Crippen molar-refractivity contribution < 1.29 is 24.5 Å². The molecule has 3 N–H and O–H groups in total. The molecule has 0 aliphatic heterocycles. The number of unbranched alkanes of at least 4 members (excludes halogenated alkanes) is 33. The third-order valence-electron chi connectivity index (χ3n) is 11.6. The number of amides is 1. The Bertz CT molecular complexity index is 832. The van der Waals surface area contributed by atoms with Crippen LogP contribution in [-0.4, -0.2) is 47.4 Å². The summed E-state index contributed by atoms with van der Waals surface area (Å²) in [6.45, 7) is 4.87. The van der Waals surface area contributed by atoms with E-state index in [4.69, 9.17) is 4.74 Å². The van der Waals surface area contributed by atoms with Gasteiger partial charge in [0.2, 0.25) is 5.91 Å². The lowest BCUT2D eigenvalue weighted by Crippen LogP contribution is -2.45. The van der Waals surface area contributed by atoms with E-state index in [1.165, 1.54) is 154 Å². The van der Waals surface area contributed by atoms with Gasteiger partial charge >= 0.3 is 5.97 Å². The lowest BCUT2D eigenvalue weighted by molar-refractivity contribution is -0.143. The van der Waals surface area contributed by atoms with Crippen molar-refractivity contribution in [1.82, 2.24) is 5.32 Å². The highest BCUT2D eigenvalue weighted by Crippen LogP contribution is 2.16. The number of rotatable bonds is 46. The molecular weight excluding hydrogens is 695 g/mol. The van der Waals surface area contributed by atoms with Crippen LogP contribution in [0.15, 0.2) is 12.2 Å². The third kappa shape index (κ3) is 42.2. The Labute approximate surface area is 349 Å². The zero-order valence-electron chi connectivity index (χ0n) is 37.6. The SMILES string of the molecule is CCCCCCCCCCCCCCCCCCCCC(=O)OCCCC/C=C\CCCCCCCC(=O)NC(CO)C(O)CCCCCCCCCCCC. The molecule has 0 saturated carbocycles. The molecule has 2 atom stereocenters. The van der Waals surface area contributed by atoms with Crippen LogP contribution in [0, 0.1) is 0 Å². The van der Waals surface area contributed by atoms with Crippen LogP contribution in [-0.2, 0) is 14.3 Å². The molecule has 0 rings (SSSR count). The molecule has 332 valence electrons. The summed E-state index contributed by atoms with van der Waals surface area (Å²) in [5.41, 5.74) is 0. The Kier molecular flexibility index (Phi) is 45.1. The van der Waals surface area contributed by atoms with Crippen LogP contribution in [0.1, 0.15) is 271 Å². The number of hydrogen-bond acceptors (Lipinski definition) is 5. The lowest BCUT2D eigenvalue weighted by atomic mass is 10.0. The van der Waals surface area contributed by atoms with E-state index >= 15 is 0 Å². The van der Waals surface area contributed by atoms with Crippen LogP contribution >= 0.6 is 0 Å². The van der Waals surface area contributed by atoms with Crippen LogP contribution in [0.3, 0.4) is 0 Å². The summed E-state index contributed by atoms with van der Waals surface area (Å²) in [5.74, 6) is -0.0924. The van der Waals surface area contributed by atoms with Gasteiger partial charge in [-0.15, -0.1) is 0 Å². The molecule has 0 aromatic rings. The highest BCUT2D eigenvalue weighted by atomic mass is 16.5. The largest absolute Gasteiger partial charge is 0.466 e. The molecule has 0 aliphatic carbocycles. The minimum absolute atomic E-state index is 0.0272. The highest BCUT2D eigenvalue weighted by Gasteiger charge is 2.20. The summed E-state index contributed by atoms with van der Waals surface area (Å²) in [4.78, 5) is 24.4. The number of carbonyl (C=O) groups is 2. The quantitative estimate of drug-likeness (QED) is 0.0324. The molecule has 1 amide bonds. The van der Waals surface area contributed by atoms with E-state index in [0.717, 1.165) is 83.5 Å². The Morgan fingerprint density at radius 3 is 1.27 bits per heavy atom. The number of carbonyl (C=O) groups excluding carboxylic acids is 2. The fourth-order valence-corrected chi connectivity index (χ4v) is 7.69. The predicted octanol–water partition coefficient (Wildman–Crippen LogP) is 14.6. The van der Waals surface area contributed by atoms with Crippen molar-refractivity contribution in [1.29, 1.82) is 0 Å². The lowest BCUT2D eigenvalue weighted by Gasteiger charge is -2.22. The second-order valence-corrected chi connectivity index (χ2v) is 17.1. The second-order valence-electron chi connectivity index (χ2n) is 17.1. The van der Waals surface area contributed by atoms with E-state index < -0.39 is 12.1 Å². The number of aliphatic hydroxyl groups is 2. The first-order chi connectivity index (χ1) is 27.5. The summed E-state index contributed by atoms with van der Waals surface area (Å²) in [5, 5.41) is 23.1. The molecule has 0 radical (unpaired) electrons. The molecule has 0 aromatic heterocycles. The van der Waals surface area contributed by atoms with Crippen LogP contribution in [0.5, 0.6) is 0 Å². The Morgan fingerprint density at radius 1 is 0.482 bits per heavy atom. The van der Waals surface area contributed by atoms with Crippen molar-refractivity contribution in [2.45, 2.75) is 283 Å². The van der Waals surface area contributed by atoms with Crippen molar-refractivity contribution in [2.75, 3.05) is 13.2 Å². The number of allylic oxidation sites excluding steroid dienone is 2. The van der Waals surface area contributed by atoms with Gasteiger partial charge in [0.25, 0.3) is 0 Å². The minimum atomic E-state index is -0.679. The smallest absolute Gasteiger partial charge is 0.305 e. The fourth-order valence-electron chi connectivity index (χ4n) is 7.69. The fraction of sp³-hybridized carbons (Fsp3) is 0.920. The average Bonchev–Trinajstić information content (AvgIpc) is 3.20. The van der Waals surface area contributed by atoms with E-state index in [-0.39, 0.29) is 18.5 Å². The van der Waals surface area contributed by atoms with E-state index in [1.807, 2.05) is 0 Å². The molecule has 0 aromatic carbocycles. The summed E-state index contributed by atoms with van der Waals surface area (Å²) in [7, 11) is 0. The molecule has 56 heavy (non-hydrogen) atoms. The topological polar surface area (TPSA) is 95.9 Å². The summed E-state index contributed by atoms with van der Waals surface area (Å²) in [6.07, 6.45) is 51.9. The van der Waals surface area contributed by atoms with Gasteiger partial charge in [-0.25, -0.2) is 0 Å². The van der Waals surface area contributed by atoms with Crippen molar-refractivity contribution in [3.8, 4) is 0 Å². The second kappa shape index (κ2) is 46.3. The third-order valence-corrected chi connectivity index (χ3v) is 11.6. The molecule has 0 heterocycles. The molecule has 2 unspecified atom stereocenters. The molecule has 0 fully saturated rings. The van der Waals surface area contributed by atoms with Gasteiger partial charge in [0, 0.05) is 12.8 Å². The van der Waals surface area contributed by atoms with Crippen LogP contribution in [0.25, 0.3) is 0 Å². The van der Waals surface area contributed by atoms with Gasteiger partial charge in [-0.3, -0.25) is 9.59 Å². The maximum Gasteiger partial charge on any atom is 0.305 e. The number of esters is 1. The normalized spacial score (nSPS) is 12.7. The van der Waals surface area contributed by atoms with Gasteiger partial charge in [0.05, 0.1) is 25.4 Å². The summed E-state index contributed by atoms with van der Waals surface area (Å²) < 4.78 is 5.44. The first-order valence-electron chi connectivity index (χ1n) is 24.9. The first-order valence-corrected chi connectivity index (χ1v) is 24.9.